The van der Waals surface area contributed by atoms with Gasteiger partial charge in [0.05, 0.1) is 10.6 Å². The Hall–Kier alpha value is -2.37. The van der Waals surface area contributed by atoms with Crippen molar-refractivity contribution in [3.63, 3.8) is 0 Å². The van der Waals surface area contributed by atoms with E-state index in [1.54, 1.807) is 41.8 Å². The summed E-state index contributed by atoms with van der Waals surface area (Å²) in [6.07, 6.45) is 1.75. The van der Waals surface area contributed by atoms with Crippen LogP contribution in [-0.4, -0.2) is 11.0 Å². The molecule has 0 spiro atoms. The van der Waals surface area contributed by atoms with E-state index in [1.807, 2.05) is 29.6 Å². The first kappa shape index (κ1) is 15.5. The number of benzene rings is 1. The van der Waals surface area contributed by atoms with Crippen LogP contribution in [0.5, 0.6) is 0 Å². The van der Waals surface area contributed by atoms with E-state index in [2.05, 4.69) is 15.6 Å². The Balaban J connectivity index is 1.60. The molecule has 0 aliphatic rings. The molecule has 0 saturated heterocycles. The van der Waals surface area contributed by atoms with Gasteiger partial charge in [0.2, 0.25) is 0 Å². The van der Waals surface area contributed by atoms with Gasteiger partial charge < -0.3 is 10.6 Å². The van der Waals surface area contributed by atoms with Crippen molar-refractivity contribution < 1.29 is 4.79 Å². The summed E-state index contributed by atoms with van der Waals surface area (Å²) < 4.78 is 0. The first-order chi connectivity index (χ1) is 11.2. The first-order valence-corrected chi connectivity index (χ1v) is 8.26. The van der Waals surface area contributed by atoms with Crippen LogP contribution in [0.3, 0.4) is 0 Å². The zero-order valence-corrected chi connectivity index (χ0v) is 13.7. The van der Waals surface area contributed by atoms with Crippen molar-refractivity contribution in [2.24, 2.45) is 0 Å². The molecule has 1 aromatic carbocycles. The number of nitrogens with zero attached hydrogens (tertiary/aromatic N) is 1. The molecule has 0 saturated carbocycles. The molecule has 23 heavy (non-hydrogen) atoms. The summed E-state index contributed by atoms with van der Waals surface area (Å²) in [5.41, 5.74) is 2.56. The molecular weight excluding hydrogens is 330 g/mol. The molecule has 2 N–H and O–H groups in total. The number of thiophene rings is 1. The zero-order valence-electron chi connectivity index (χ0n) is 12.1. The average molecular weight is 344 g/mol. The van der Waals surface area contributed by atoms with Gasteiger partial charge in [0.1, 0.15) is 0 Å². The van der Waals surface area contributed by atoms with E-state index in [0.717, 1.165) is 16.1 Å². The van der Waals surface area contributed by atoms with E-state index in [0.29, 0.717) is 17.3 Å². The van der Waals surface area contributed by atoms with Crippen molar-refractivity contribution in [1.29, 1.82) is 0 Å². The second-order valence-electron chi connectivity index (χ2n) is 4.84. The Morgan fingerprint density at radius 2 is 2.09 bits per heavy atom. The maximum Gasteiger partial charge on any atom is 0.319 e. The molecule has 6 heteroatoms. The average Bonchev–Trinajstić information content (AvgIpc) is 3.08. The maximum absolute atomic E-state index is 11.9. The highest BCUT2D eigenvalue weighted by atomic mass is 35.5. The molecule has 2 heterocycles. The molecule has 2 aromatic heterocycles. The molecule has 0 aliphatic carbocycles. The summed E-state index contributed by atoms with van der Waals surface area (Å²) in [6, 6.07) is 14.6. The van der Waals surface area contributed by atoms with Crippen LogP contribution in [0.25, 0.3) is 10.6 Å². The topological polar surface area (TPSA) is 54.0 Å². The highest BCUT2D eigenvalue weighted by Gasteiger charge is 2.05. The van der Waals surface area contributed by atoms with E-state index in [-0.39, 0.29) is 6.03 Å². The monoisotopic (exact) mass is 343 g/mol. The number of aromatic nitrogens is 1. The zero-order chi connectivity index (χ0) is 16.1. The van der Waals surface area contributed by atoms with Crippen molar-refractivity contribution in [2.75, 3.05) is 5.32 Å². The molecule has 0 fully saturated rings. The highest BCUT2D eigenvalue weighted by molar-refractivity contribution is 7.13. The molecule has 116 valence electrons. The summed E-state index contributed by atoms with van der Waals surface area (Å²) in [6.45, 7) is 0.424. The third-order valence-corrected chi connectivity index (χ3v) is 4.26. The summed E-state index contributed by atoms with van der Waals surface area (Å²) in [4.78, 5) is 17.4. The van der Waals surface area contributed by atoms with Gasteiger partial charge >= 0.3 is 6.03 Å². The van der Waals surface area contributed by atoms with Crippen molar-refractivity contribution in [2.45, 2.75) is 6.54 Å². The van der Waals surface area contributed by atoms with Gasteiger partial charge in [-0.25, -0.2) is 4.79 Å². The van der Waals surface area contributed by atoms with Crippen LogP contribution in [0.15, 0.2) is 60.1 Å². The predicted molar refractivity (Wildman–Crippen MR) is 94.9 cm³/mol. The van der Waals surface area contributed by atoms with Crippen LogP contribution in [0, 0.1) is 0 Å². The number of hydrogen-bond acceptors (Lipinski definition) is 3. The largest absolute Gasteiger partial charge is 0.334 e. The lowest BCUT2D eigenvalue weighted by molar-refractivity contribution is 0.251. The fraction of sp³-hybridized carbons (Fsp3) is 0.0588. The fourth-order valence-corrected chi connectivity index (χ4v) is 2.95. The highest BCUT2D eigenvalue weighted by Crippen LogP contribution is 2.23. The van der Waals surface area contributed by atoms with Crippen molar-refractivity contribution in [3.05, 3.63) is 70.7 Å². The molecule has 4 nitrogen and oxygen atoms in total. The van der Waals surface area contributed by atoms with Crippen molar-refractivity contribution in [1.82, 2.24) is 10.3 Å². The van der Waals surface area contributed by atoms with E-state index < -0.39 is 0 Å². The number of rotatable bonds is 4. The van der Waals surface area contributed by atoms with Crippen LogP contribution in [0.4, 0.5) is 10.5 Å². The lowest BCUT2D eigenvalue weighted by Gasteiger charge is -2.08. The molecule has 0 aliphatic heterocycles. The second-order valence-corrected chi connectivity index (χ2v) is 6.23. The van der Waals surface area contributed by atoms with Crippen molar-refractivity contribution in [3.8, 4) is 10.6 Å². The van der Waals surface area contributed by atoms with Gasteiger partial charge in [0, 0.05) is 23.5 Å². The number of nitrogens with one attached hydrogen (secondary N) is 2. The van der Waals surface area contributed by atoms with Crippen LogP contribution < -0.4 is 10.6 Å². The number of amides is 2. The second kappa shape index (κ2) is 7.26. The Kier molecular flexibility index (Phi) is 4.90. The number of carbonyl (C=O) groups is 1. The Labute approximate surface area is 143 Å². The van der Waals surface area contributed by atoms with Gasteiger partial charge in [-0.2, -0.15) is 0 Å². The third kappa shape index (κ3) is 4.31. The minimum absolute atomic E-state index is 0.276. The van der Waals surface area contributed by atoms with Gasteiger partial charge in [-0.1, -0.05) is 23.7 Å². The first-order valence-electron chi connectivity index (χ1n) is 7.00. The lowest BCUT2D eigenvalue weighted by Crippen LogP contribution is -2.28. The van der Waals surface area contributed by atoms with Crippen LogP contribution in [0.2, 0.25) is 5.02 Å². The predicted octanol–water partition coefficient (Wildman–Crippen LogP) is 4.79. The number of pyridine rings is 1. The Bertz CT molecular complexity index is 805. The Morgan fingerprint density at radius 1 is 1.17 bits per heavy atom. The molecule has 2 amide bonds. The van der Waals surface area contributed by atoms with Gasteiger partial charge in [-0.3, -0.25) is 4.98 Å². The van der Waals surface area contributed by atoms with Crippen LogP contribution >= 0.6 is 22.9 Å². The Morgan fingerprint density at radius 3 is 2.87 bits per heavy atom. The SMILES string of the molecule is O=C(NCc1ccnc(-c2cccs2)c1)Nc1cccc(Cl)c1. The van der Waals surface area contributed by atoms with Gasteiger partial charge in [-0.15, -0.1) is 11.3 Å². The smallest absolute Gasteiger partial charge is 0.319 e. The molecule has 3 rings (SSSR count). The standard InChI is InChI=1S/C17H14ClN3OS/c18-13-3-1-4-14(10-13)21-17(22)20-11-12-6-7-19-15(9-12)16-5-2-8-23-16/h1-10H,11H2,(H2,20,21,22). The summed E-state index contributed by atoms with van der Waals surface area (Å²) in [7, 11) is 0. The van der Waals surface area contributed by atoms with Crippen molar-refractivity contribution >= 4 is 34.7 Å². The molecular formula is C17H14ClN3OS. The van der Waals surface area contributed by atoms with E-state index in [9.17, 15) is 4.79 Å². The minimum Gasteiger partial charge on any atom is -0.334 e. The summed E-state index contributed by atoms with van der Waals surface area (Å²) in [5, 5.41) is 8.16. The summed E-state index contributed by atoms with van der Waals surface area (Å²) >= 11 is 7.53. The lowest BCUT2D eigenvalue weighted by atomic mass is 10.2. The number of urea groups is 1. The molecule has 0 bridgehead atoms. The van der Waals surface area contributed by atoms with Gasteiger partial charge in [-0.05, 0) is 47.3 Å². The van der Waals surface area contributed by atoms with E-state index >= 15 is 0 Å². The summed E-state index contributed by atoms with van der Waals surface area (Å²) in [5.74, 6) is 0. The number of anilines is 1. The maximum atomic E-state index is 11.9. The third-order valence-electron chi connectivity index (χ3n) is 3.13. The number of halogens is 1. The quantitative estimate of drug-likeness (QED) is 0.716. The minimum atomic E-state index is -0.276. The fourth-order valence-electron chi connectivity index (χ4n) is 2.07. The van der Waals surface area contributed by atoms with E-state index in [4.69, 9.17) is 11.6 Å². The molecule has 0 unspecified atom stereocenters. The molecule has 0 atom stereocenters. The van der Waals surface area contributed by atoms with E-state index in [1.165, 1.54) is 0 Å². The van der Waals surface area contributed by atoms with Crippen LogP contribution in [-0.2, 0) is 6.54 Å². The number of carbonyl (C=O) groups excluding carboxylic acids is 1. The van der Waals surface area contributed by atoms with Gasteiger partial charge in [0.15, 0.2) is 0 Å². The number of hydrogen-bond donors (Lipinski definition) is 2. The normalized spacial score (nSPS) is 10.3. The van der Waals surface area contributed by atoms with Crippen LogP contribution in [0.1, 0.15) is 5.56 Å². The molecule has 3 aromatic rings. The van der Waals surface area contributed by atoms with Gasteiger partial charge in [0.25, 0.3) is 0 Å². The molecule has 0 radical (unpaired) electrons.